The van der Waals surface area contributed by atoms with E-state index in [0.717, 1.165) is 25.7 Å². The summed E-state index contributed by atoms with van der Waals surface area (Å²) in [4.78, 5) is 25.1. The van der Waals surface area contributed by atoms with E-state index < -0.39 is 5.97 Å². The zero-order valence-corrected chi connectivity index (χ0v) is 15.1. The molecule has 0 spiro atoms. The third kappa shape index (κ3) is 7.86. The van der Waals surface area contributed by atoms with Crippen LogP contribution in [0.3, 0.4) is 0 Å². The number of unbranched alkanes of at least 4 members (excludes halogenated alkanes) is 3. The van der Waals surface area contributed by atoms with Gasteiger partial charge in [-0.2, -0.15) is 0 Å². The number of nitrogens with zero attached hydrogens (tertiary/aromatic N) is 1. The fourth-order valence-corrected chi connectivity index (χ4v) is 2.41. The number of carbonyl (C=O) groups is 2. The van der Waals surface area contributed by atoms with Gasteiger partial charge in [0.15, 0.2) is 0 Å². The largest absolute Gasteiger partial charge is 0.465 e. The normalized spacial score (nSPS) is 9.88. The average molecular weight is 345 g/mol. The molecule has 0 bridgehead atoms. The van der Waals surface area contributed by atoms with Crippen molar-refractivity contribution in [2.24, 2.45) is 0 Å². The molecule has 25 heavy (non-hydrogen) atoms. The fraction of sp³-hybridized carbons (Fsp3) is 0.500. The predicted octanol–water partition coefficient (Wildman–Crippen LogP) is 2.62. The molecule has 0 heterocycles. The molecule has 0 aliphatic heterocycles. The number of amides is 1. The number of aliphatic hydroxyl groups is 1. The number of esters is 1. The molecule has 5 nitrogen and oxygen atoms in total. The van der Waals surface area contributed by atoms with Crippen molar-refractivity contribution in [2.75, 3.05) is 26.8 Å². The van der Waals surface area contributed by atoms with E-state index in [1.165, 1.54) is 7.11 Å². The van der Waals surface area contributed by atoms with E-state index in [9.17, 15) is 9.59 Å². The van der Waals surface area contributed by atoms with Crippen molar-refractivity contribution < 1.29 is 19.4 Å². The van der Waals surface area contributed by atoms with Crippen molar-refractivity contribution in [1.29, 1.82) is 0 Å². The molecule has 0 atom stereocenters. The Morgan fingerprint density at radius 2 is 1.84 bits per heavy atom. The van der Waals surface area contributed by atoms with Gasteiger partial charge in [0.25, 0.3) is 0 Å². The monoisotopic (exact) mass is 345 g/mol. The lowest BCUT2D eigenvalue weighted by molar-refractivity contribution is -0.129. The summed E-state index contributed by atoms with van der Waals surface area (Å²) in [6, 6.07) is 7.10. The van der Waals surface area contributed by atoms with E-state index in [2.05, 4.69) is 11.8 Å². The van der Waals surface area contributed by atoms with Gasteiger partial charge in [0.05, 0.1) is 12.7 Å². The molecule has 1 amide bonds. The van der Waals surface area contributed by atoms with E-state index in [0.29, 0.717) is 30.6 Å². The Labute approximate surface area is 150 Å². The van der Waals surface area contributed by atoms with Crippen molar-refractivity contribution in [3.63, 3.8) is 0 Å². The first-order valence-electron chi connectivity index (χ1n) is 8.62. The maximum atomic E-state index is 11.7. The van der Waals surface area contributed by atoms with Gasteiger partial charge in [-0.25, -0.2) is 4.79 Å². The maximum Gasteiger partial charge on any atom is 0.339 e. The van der Waals surface area contributed by atoms with Crippen molar-refractivity contribution in [3.05, 3.63) is 35.4 Å². The van der Waals surface area contributed by atoms with Gasteiger partial charge in [-0.15, -0.1) is 0 Å². The number of rotatable bonds is 9. The summed E-state index contributed by atoms with van der Waals surface area (Å²) in [5.74, 6) is 5.74. The van der Waals surface area contributed by atoms with Crippen molar-refractivity contribution in [2.45, 2.75) is 39.0 Å². The third-order valence-corrected chi connectivity index (χ3v) is 3.82. The van der Waals surface area contributed by atoms with Gasteiger partial charge in [-0.3, -0.25) is 4.79 Å². The minimum atomic E-state index is -0.393. The van der Waals surface area contributed by atoms with E-state index in [-0.39, 0.29) is 12.5 Å². The number of methoxy groups -OCH3 is 1. The van der Waals surface area contributed by atoms with Crippen LogP contribution >= 0.6 is 0 Å². The van der Waals surface area contributed by atoms with Gasteiger partial charge in [0.2, 0.25) is 5.91 Å². The second kappa shape index (κ2) is 12.1. The molecule has 0 radical (unpaired) electrons. The molecule has 0 saturated heterocycles. The molecule has 1 aromatic rings. The minimum absolute atomic E-state index is 0.0630. The van der Waals surface area contributed by atoms with E-state index in [1.54, 1.807) is 25.1 Å². The summed E-state index contributed by atoms with van der Waals surface area (Å²) >= 11 is 0. The standard InChI is InChI=1S/C20H27NO4/c1-17(23)21(15-9-4-10-16-22)14-8-3-5-11-18-12-6-7-13-19(18)20(24)25-2/h6-7,12-13,22H,3-4,8-10,14-16H2,1-2H3. The first kappa shape index (κ1) is 20.7. The Bertz CT molecular complexity index is 616. The number of carbonyl (C=O) groups excluding carboxylic acids is 2. The third-order valence-electron chi connectivity index (χ3n) is 3.82. The Balaban J connectivity index is 2.48. The molecule has 1 rings (SSSR count). The smallest absolute Gasteiger partial charge is 0.339 e. The molecular weight excluding hydrogens is 318 g/mol. The quantitative estimate of drug-likeness (QED) is 0.424. The Kier molecular flexibility index (Phi) is 10.0. The van der Waals surface area contributed by atoms with Gasteiger partial charge >= 0.3 is 5.97 Å². The first-order valence-corrected chi connectivity index (χ1v) is 8.62. The van der Waals surface area contributed by atoms with Crippen LogP contribution in [0.1, 0.15) is 54.9 Å². The predicted molar refractivity (Wildman–Crippen MR) is 97.1 cm³/mol. The number of ether oxygens (including phenoxy) is 1. The highest BCUT2D eigenvalue weighted by Crippen LogP contribution is 2.09. The Morgan fingerprint density at radius 1 is 1.12 bits per heavy atom. The highest BCUT2D eigenvalue weighted by Gasteiger charge is 2.09. The molecule has 0 aliphatic carbocycles. The SMILES string of the molecule is COC(=O)c1ccccc1C#CCCCN(CCCCCO)C(C)=O. The Hall–Kier alpha value is -2.32. The minimum Gasteiger partial charge on any atom is -0.465 e. The van der Waals surface area contributed by atoms with Crippen LogP contribution in [0.25, 0.3) is 0 Å². The molecular formula is C20H27NO4. The molecule has 0 unspecified atom stereocenters. The van der Waals surface area contributed by atoms with Gasteiger partial charge in [-0.05, 0) is 37.8 Å². The number of hydrogen-bond acceptors (Lipinski definition) is 4. The zero-order chi connectivity index (χ0) is 18.5. The molecule has 1 aromatic carbocycles. The van der Waals surface area contributed by atoms with Crippen LogP contribution in [0.2, 0.25) is 0 Å². The van der Waals surface area contributed by atoms with Crippen LogP contribution < -0.4 is 0 Å². The molecule has 5 heteroatoms. The second-order valence-electron chi connectivity index (χ2n) is 5.73. The molecule has 136 valence electrons. The second-order valence-corrected chi connectivity index (χ2v) is 5.73. The van der Waals surface area contributed by atoms with Gasteiger partial charge < -0.3 is 14.7 Å². The molecule has 0 fully saturated rings. The highest BCUT2D eigenvalue weighted by molar-refractivity contribution is 5.92. The van der Waals surface area contributed by atoms with Crippen LogP contribution in [0.15, 0.2) is 24.3 Å². The van der Waals surface area contributed by atoms with Crippen LogP contribution in [-0.2, 0) is 9.53 Å². The maximum absolute atomic E-state index is 11.7. The van der Waals surface area contributed by atoms with E-state index in [4.69, 9.17) is 9.84 Å². The number of hydrogen-bond donors (Lipinski definition) is 1. The van der Waals surface area contributed by atoms with E-state index >= 15 is 0 Å². The summed E-state index contributed by atoms with van der Waals surface area (Å²) < 4.78 is 4.75. The Morgan fingerprint density at radius 3 is 2.52 bits per heavy atom. The van der Waals surface area contributed by atoms with Crippen LogP contribution in [0, 0.1) is 11.8 Å². The highest BCUT2D eigenvalue weighted by atomic mass is 16.5. The summed E-state index contributed by atoms with van der Waals surface area (Å²) in [6.45, 7) is 3.16. The van der Waals surface area contributed by atoms with Gasteiger partial charge in [0, 0.05) is 38.6 Å². The van der Waals surface area contributed by atoms with Crippen LogP contribution in [0.5, 0.6) is 0 Å². The summed E-state index contributed by atoms with van der Waals surface area (Å²) in [5, 5.41) is 8.78. The lowest BCUT2D eigenvalue weighted by atomic mass is 10.1. The van der Waals surface area contributed by atoms with Gasteiger partial charge in [-0.1, -0.05) is 24.0 Å². The number of aliphatic hydroxyl groups excluding tert-OH is 1. The summed E-state index contributed by atoms with van der Waals surface area (Å²) in [6.07, 6.45) is 4.03. The lowest BCUT2D eigenvalue weighted by Crippen LogP contribution is -2.30. The van der Waals surface area contributed by atoms with Crippen molar-refractivity contribution in [1.82, 2.24) is 4.90 Å². The van der Waals surface area contributed by atoms with Crippen LogP contribution in [-0.4, -0.2) is 48.7 Å². The average Bonchev–Trinajstić information content (AvgIpc) is 2.62. The first-order chi connectivity index (χ1) is 12.1. The fourth-order valence-electron chi connectivity index (χ4n) is 2.41. The number of benzene rings is 1. The van der Waals surface area contributed by atoms with Crippen LogP contribution in [0.4, 0.5) is 0 Å². The summed E-state index contributed by atoms with van der Waals surface area (Å²) in [5.41, 5.74) is 1.12. The van der Waals surface area contributed by atoms with Crippen molar-refractivity contribution in [3.8, 4) is 11.8 Å². The topological polar surface area (TPSA) is 66.8 Å². The van der Waals surface area contributed by atoms with Crippen molar-refractivity contribution >= 4 is 11.9 Å². The molecule has 0 aromatic heterocycles. The summed E-state index contributed by atoms with van der Waals surface area (Å²) in [7, 11) is 1.35. The lowest BCUT2D eigenvalue weighted by Gasteiger charge is -2.20. The van der Waals surface area contributed by atoms with Gasteiger partial charge in [0.1, 0.15) is 0 Å². The molecule has 0 saturated carbocycles. The zero-order valence-electron chi connectivity index (χ0n) is 15.1. The molecule has 1 N–H and O–H groups in total. The molecule has 0 aliphatic rings. The van der Waals surface area contributed by atoms with E-state index in [1.807, 2.05) is 11.0 Å².